The Morgan fingerprint density at radius 1 is 0.625 bits per heavy atom. The highest BCUT2D eigenvalue weighted by Crippen LogP contribution is 2.55. The molecule has 0 saturated carbocycles. The van der Waals surface area contributed by atoms with Gasteiger partial charge >= 0.3 is 0 Å². The van der Waals surface area contributed by atoms with E-state index in [4.69, 9.17) is 0 Å². The second kappa shape index (κ2) is 9.57. The van der Waals surface area contributed by atoms with Crippen molar-refractivity contribution in [2.24, 2.45) is 7.05 Å². The van der Waals surface area contributed by atoms with E-state index in [0.717, 1.165) is 12.8 Å². The number of aryl methyl sites for hydroxylation is 1. The highest BCUT2D eigenvalue weighted by molar-refractivity contribution is 5.99. The topological polar surface area (TPSA) is 8.17 Å². The van der Waals surface area contributed by atoms with Gasteiger partial charge in [-0.3, -0.25) is 0 Å². The molecule has 6 aromatic rings. The van der Waals surface area contributed by atoms with Gasteiger partial charge in [0.05, 0.1) is 5.69 Å². The van der Waals surface area contributed by atoms with Gasteiger partial charge < -0.3 is 9.47 Å². The second-order valence-corrected chi connectivity index (χ2v) is 11.0. The van der Waals surface area contributed by atoms with E-state index in [2.05, 4.69) is 158 Å². The van der Waals surface area contributed by atoms with Gasteiger partial charge in [-0.05, 0) is 94.6 Å². The Hall–Kier alpha value is -4.56. The molecule has 196 valence electrons. The average Bonchev–Trinajstić information content (AvgIpc) is 3.56. The van der Waals surface area contributed by atoms with Crippen LogP contribution in [-0.2, 0) is 12.5 Å². The van der Waals surface area contributed by atoms with Crippen LogP contribution in [0, 0.1) is 0 Å². The molecule has 1 aliphatic rings. The molecular weight excluding hydrogens is 484 g/mol. The number of aromatic nitrogens is 1. The molecule has 0 atom stereocenters. The van der Waals surface area contributed by atoms with Gasteiger partial charge in [0.15, 0.2) is 0 Å². The fraction of sp³-hybridized carbons (Fsp3) is 0.158. The molecule has 5 aromatic carbocycles. The zero-order valence-corrected chi connectivity index (χ0v) is 23.4. The van der Waals surface area contributed by atoms with Crippen LogP contribution >= 0.6 is 0 Å². The Bertz CT molecular complexity index is 1830. The number of para-hydroxylation sites is 1. The molecule has 0 N–H and O–H groups in total. The molecule has 0 amide bonds. The summed E-state index contributed by atoms with van der Waals surface area (Å²) in [6.07, 6.45) is 4.24. The van der Waals surface area contributed by atoms with Crippen molar-refractivity contribution in [1.29, 1.82) is 0 Å². The largest absolute Gasteiger partial charge is 0.351 e. The van der Waals surface area contributed by atoms with Crippen LogP contribution in [0.5, 0.6) is 0 Å². The standard InChI is InChI=1S/C38H34N2/c1-4-38(5-2)34-25-28(36-19-12-24-39(36)3)20-22-32(34)33-23-21-30(26-35(33)38)40(29-15-7-6-8-16-29)37-18-11-14-27-13-9-10-17-31(27)37/h6-26H,4-5H2,1-3H3. The van der Waals surface area contributed by atoms with Crippen molar-refractivity contribution >= 4 is 27.8 Å². The van der Waals surface area contributed by atoms with Crippen molar-refractivity contribution in [3.8, 4) is 22.4 Å². The van der Waals surface area contributed by atoms with Gasteiger partial charge in [-0.25, -0.2) is 0 Å². The smallest absolute Gasteiger partial charge is 0.0540 e. The summed E-state index contributed by atoms with van der Waals surface area (Å²) >= 11 is 0. The van der Waals surface area contributed by atoms with Crippen LogP contribution in [-0.4, -0.2) is 4.57 Å². The molecule has 0 bridgehead atoms. The quantitative estimate of drug-likeness (QED) is 0.213. The Morgan fingerprint density at radius 2 is 1.32 bits per heavy atom. The molecule has 1 aromatic heterocycles. The van der Waals surface area contributed by atoms with Crippen molar-refractivity contribution in [2.45, 2.75) is 32.1 Å². The third-order valence-electron chi connectivity index (χ3n) is 9.07. The first kappa shape index (κ1) is 24.5. The molecule has 1 heterocycles. The fourth-order valence-corrected chi connectivity index (χ4v) is 6.96. The Kier molecular flexibility index (Phi) is 5.86. The van der Waals surface area contributed by atoms with Gasteiger partial charge in [0.1, 0.15) is 0 Å². The van der Waals surface area contributed by atoms with Crippen LogP contribution in [0.4, 0.5) is 17.1 Å². The van der Waals surface area contributed by atoms with E-state index in [1.54, 1.807) is 0 Å². The number of hydrogen-bond donors (Lipinski definition) is 0. The summed E-state index contributed by atoms with van der Waals surface area (Å²) in [6, 6.07) is 44.7. The van der Waals surface area contributed by atoms with Crippen LogP contribution < -0.4 is 4.90 Å². The van der Waals surface area contributed by atoms with Crippen LogP contribution in [0.25, 0.3) is 33.2 Å². The first-order chi connectivity index (χ1) is 19.6. The lowest BCUT2D eigenvalue weighted by molar-refractivity contribution is 0.490. The maximum absolute atomic E-state index is 2.47. The maximum atomic E-state index is 2.47. The molecule has 0 fully saturated rings. The number of anilines is 3. The number of rotatable bonds is 6. The lowest BCUT2D eigenvalue weighted by atomic mass is 9.73. The third-order valence-corrected chi connectivity index (χ3v) is 9.07. The van der Waals surface area contributed by atoms with Gasteiger partial charge in [-0.2, -0.15) is 0 Å². The lowest BCUT2D eigenvalue weighted by Gasteiger charge is -2.32. The summed E-state index contributed by atoms with van der Waals surface area (Å²) in [5.74, 6) is 0. The van der Waals surface area contributed by atoms with Crippen molar-refractivity contribution in [1.82, 2.24) is 4.57 Å². The van der Waals surface area contributed by atoms with Crippen molar-refractivity contribution < 1.29 is 0 Å². The number of fused-ring (bicyclic) bond motifs is 4. The van der Waals surface area contributed by atoms with E-state index in [1.165, 1.54) is 61.3 Å². The summed E-state index contributed by atoms with van der Waals surface area (Å²) in [5.41, 5.74) is 11.7. The minimum Gasteiger partial charge on any atom is -0.351 e. The van der Waals surface area contributed by atoms with Crippen molar-refractivity contribution in [2.75, 3.05) is 4.90 Å². The SMILES string of the molecule is CCC1(CC)c2cc(-c3cccn3C)ccc2-c2ccc(N(c3ccccc3)c3cccc4ccccc34)cc21. The predicted molar refractivity (Wildman–Crippen MR) is 170 cm³/mol. The zero-order valence-electron chi connectivity index (χ0n) is 23.4. The highest BCUT2D eigenvalue weighted by Gasteiger charge is 2.41. The second-order valence-electron chi connectivity index (χ2n) is 11.0. The molecule has 0 spiro atoms. The van der Waals surface area contributed by atoms with Gasteiger partial charge in [0.25, 0.3) is 0 Å². The summed E-state index contributed by atoms with van der Waals surface area (Å²) in [4.78, 5) is 2.43. The molecule has 1 aliphatic carbocycles. The molecule has 0 unspecified atom stereocenters. The molecule has 0 radical (unpaired) electrons. The monoisotopic (exact) mass is 518 g/mol. The molecular formula is C38H34N2. The first-order valence-electron chi connectivity index (χ1n) is 14.4. The third kappa shape index (κ3) is 3.63. The van der Waals surface area contributed by atoms with E-state index in [1.807, 2.05) is 0 Å². The summed E-state index contributed by atoms with van der Waals surface area (Å²) in [7, 11) is 2.13. The van der Waals surface area contributed by atoms with E-state index in [9.17, 15) is 0 Å². The minimum atomic E-state index is -0.0248. The number of benzene rings is 5. The van der Waals surface area contributed by atoms with Crippen LogP contribution in [0.15, 0.2) is 128 Å². The zero-order chi connectivity index (χ0) is 27.3. The Balaban J connectivity index is 1.44. The normalized spacial score (nSPS) is 13.3. The lowest BCUT2D eigenvalue weighted by Crippen LogP contribution is -2.23. The first-order valence-corrected chi connectivity index (χ1v) is 14.4. The van der Waals surface area contributed by atoms with Crippen molar-refractivity contribution in [3.63, 3.8) is 0 Å². The molecule has 2 heteroatoms. The highest BCUT2D eigenvalue weighted by atomic mass is 15.1. The van der Waals surface area contributed by atoms with Crippen LogP contribution in [0.2, 0.25) is 0 Å². The number of nitrogens with zero attached hydrogens (tertiary/aromatic N) is 2. The predicted octanol–water partition coefficient (Wildman–Crippen LogP) is 10.4. The van der Waals surface area contributed by atoms with E-state index in [0.29, 0.717) is 0 Å². The molecule has 0 aliphatic heterocycles. The summed E-state index contributed by atoms with van der Waals surface area (Å²) in [6.45, 7) is 4.70. The molecule has 40 heavy (non-hydrogen) atoms. The summed E-state index contributed by atoms with van der Waals surface area (Å²) < 4.78 is 2.21. The van der Waals surface area contributed by atoms with E-state index >= 15 is 0 Å². The van der Waals surface area contributed by atoms with Crippen molar-refractivity contribution in [3.05, 3.63) is 139 Å². The van der Waals surface area contributed by atoms with Crippen LogP contribution in [0.3, 0.4) is 0 Å². The fourth-order valence-electron chi connectivity index (χ4n) is 6.96. The summed E-state index contributed by atoms with van der Waals surface area (Å²) in [5, 5.41) is 2.50. The molecule has 2 nitrogen and oxygen atoms in total. The Morgan fingerprint density at radius 3 is 2.08 bits per heavy atom. The molecule has 7 rings (SSSR count). The van der Waals surface area contributed by atoms with Gasteiger partial charge in [0, 0.05) is 41.1 Å². The van der Waals surface area contributed by atoms with E-state index < -0.39 is 0 Å². The number of hydrogen-bond acceptors (Lipinski definition) is 1. The Labute approximate surface area is 237 Å². The molecule has 0 saturated heterocycles. The van der Waals surface area contributed by atoms with Gasteiger partial charge in [-0.15, -0.1) is 0 Å². The maximum Gasteiger partial charge on any atom is 0.0540 e. The van der Waals surface area contributed by atoms with Gasteiger partial charge in [-0.1, -0.05) is 86.6 Å². The average molecular weight is 519 g/mol. The van der Waals surface area contributed by atoms with Crippen LogP contribution in [0.1, 0.15) is 37.8 Å². The minimum absolute atomic E-state index is 0.0248. The van der Waals surface area contributed by atoms with E-state index in [-0.39, 0.29) is 5.41 Å². The van der Waals surface area contributed by atoms with Gasteiger partial charge in [0.2, 0.25) is 0 Å².